The van der Waals surface area contributed by atoms with Crippen LogP contribution in [-0.4, -0.2) is 71.8 Å². The molecule has 1 aliphatic heterocycles. The highest BCUT2D eigenvalue weighted by Crippen LogP contribution is 2.19. The number of hydrogen-bond acceptors (Lipinski definition) is 6. The minimum absolute atomic E-state index is 0.0567. The van der Waals surface area contributed by atoms with Crippen LogP contribution in [0.15, 0.2) is 35.9 Å². The van der Waals surface area contributed by atoms with E-state index in [9.17, 15) is 13.2 Å². The molecule has 1 aliphatic rings. The number of hydrogen-bond donors (Lipinski definition) is 1. The number of carbonyl (C=O) groups excluding carboxylic acids is 1. The summed E-state index contributed by atoms with van der Waals surface area (Å²) in [6.07, 6.45) is 4.71. The highest BCUT2D eigenvalue weighted by Gasteiger charge is 2.30. The Morgan fingerprint density at radius 1 is 1.28 bits per heavy atom. The van der Waals surface area contributed by atoms with Gasteiger partial charge in [0.1, 0.15) is 5.56 Å². The van der Waals surface area contributed by atoms with Gasteiger partial charge in [-0.15, -0.1) is 0 Å². The number of H-pyrrole nitrogens is 1. The fraction of sp³-hybridized carbons (Fsp3) is 0.400. The summed E-state index contributed by atoms with van der Waals surface area (Å²) in [6, 6.07) is 3.32. The summed E-state index contributed by atoms with van der Waals surface area (Å²) in [5.41, 5.74) is 0.370. The molecule has 3 heterocycles. The van der Waals surface area contributed by atoms with E-state index in [2.05, 4.69) is 15.0 Å². The van der Waals surface area contributed by atoms with Gasteiger partial charge in [0.25, 0.3) is 15.9 Å². The number of aromatic amines is 1. The minimum atomic E-state index is -3.63. The highest BCUT2D eigenvalue weighted by atomic mass is 32.2. The Morgan fingerprint density at radius 2 is 2.12 bits per heavy atom. The van der Waals surface area contributed by atoms with Crippen LogP contribution >= 0.6 is 0 Å². The number of amides is 1. The van der Waals surface area contributed by atoms with Gasteiger partial charge in [-0.3, -0.25) is 4.79 Å². The van der Waals surface area contributed by atoms with Crippen LogP contribution < -0.4 is 4.74 Å². The fourth-order valence-electron chi connectivity index (χ4n) is 2.75. The maximum atomic E-state index is 12.7. The first-order valence-corrected chi connectivity index (χ1v) is 9.25. The molecule has 1 N–H and O–H groups in total. The van der Waals surface area contributed by atoms with Crippen LogP contribution in [0.3, 0.4) is 0 Å². The Balaban J connectivity index is 1.75. The first kappa shape index (κ1) is 17.4. The molecule has 0 bridgehead atoms. The van der Waals surface area contributed by atoms with Crippen LogP contribution in [0.2, 0.25) is 0 Å². The van der Waals surface area contributed by atoms with E-state index in [4.69, 9.17) is 4.74 Å². The van der Waals surface area contributed by atoms with Gasteiger partial charge in [0.15, 0.2) is 5.03 Å². The Bertz CT molecular complexity index is 837. The lowest BCUT2D eigenvalue weighted by Crippen LogP contribution is -2.37. The monoisotopic (exact) mass is 365 g/mol. The summed E-state index contributed by atoms with van der Waals surface area (Å²) in [6.45, 7) is 1.32. The first-order valence-electron chi connectivity index (χ1n) is 7.81. The summed E-state index contributed by atoms with van der Waals surface area (Å²) >= 11 is 0. The van der Waals surface area contributed by atoms with Crippen molar-refractivity contribution in [2.45, 2.75) is 11.4 Å². The number of aromatic nitrogens is 3. The second-order valence-electron chi connectivity index (χ2n) is 5.53. The van der Waals surface area contributed by atoms with Gasteiger partial charge >= 0.3 is 0 Å². The number of ether oxygens (including phenoxy) is 1. The van der Waals surface area contributed by atoms with E-state index < -0.39 is 10.0 Å². The van der Waals surface area contributed by atoms with Crippen LogP contribution in [-0.2, 0) is 10.0 Å². The molecule has 10 heteroatoms. The SMILES string of the molecule is COc1ncccc1C(=O)N1CCCN(S(=O)(=O)c2cnc[nH]2)CC1. The van der Waals surface area contributed by atoms with E-state index in [0.717, 1.165) is 0 Å². The first-order chi connectivity index (χ1) is 12.0. The number of nitrogens with one attached hydrogen (secondary N) is 1. The van der Waals surface area contributed by atoms with Crippen LogP contribution in [0.1, 0.15) is 16.8 Å². The van der Waals surface area contributed by atoms with Gasteiger partial charge in [-0.2, -0.15) is 4.31 Å². The summed E-state index contributed by atoms with van der Waals surface area (Å²) in [7, 11) is -2.17. The maximum Gasteiger partial charge on any atom is 0.260 e. The minimum Gasteiger partial charge on any atom is -0.480 e. The third-order valence-electron chi connectivity index (χ3n) is 4.03. The van der Waals surface area contributed by atoms with Gasteiger partial charge in [0, 0.05) is 32.4 Å². The van der Waals surface area contributed by atoms with Gasteiger partial charge in [-0.25, -0.2) is 18.4 Å². The lowest BCUT2D eigenvalue weighted by atomic mass is 10.2. The molecule has 0 saturated carbocycles. The Kier molecular flexibility index (Phi) is 5.00. The maximum absolute atomic E-state index is 12.7. The molecule has 0 unspecified atom stereocenters. The zero-order valence-electron chi connectivity index (χ0n) is 13.8. The Hall–Kier alpha value is -2.46. The second kappa shape index (κ2) is 7.19. The van der Waals surface area contributed by atoms with Gasteiger partial charge in [0.05, 0.1) is 19.6 Å². The van der Waals surface area contributed by atoms with Crippen molar-refractivity contribution in [3.05, 3.63) is 36.4 Å². The Labute approximate surface area is 145 Å². The van der Waals surface area contributed by atoms with E-state index >= 15 is 0 Å². The van der Waals surface area contributed by atoms with Crippen molar-refractivity contribution >= 4 is 15.9 Å². The predicted octanol–water partition coefficient (Wildman–Crippen LogP) is 0.350. The Morgan fingerprint density at radius 3 is 2.84 bits per heavy atom. The van der Waals surface area contributed by atoms with Crippen molar-refractivity contribution in [1.82, 2.24) is 24.2 Å². The molecule has 0 atom stereocenters. The van der Waals surface area contributed by atoms with Gasteiger partial charge < -0.3 is 14.6 Å². The topological polar surface area (TPSA) is 108 Å². The molecule has 0 radical (unpaired) electrons. The van der Waals surface area contributed by atoms with Crippen molar-refractivity contribution < 1.29 is 17.9 Å². The zero-order valence-corrected chi connectivity index (χ0v) is 14.6. The molecule has 1 amide bonds. The normalized spacial score (nSPS) is 16.4. The number of pyridine rings is 1. The molecule has 1 fully saturated rings. The molecule has 2 aromatic heterocycles. The molecule has 3 rings (SSSR count). The van der Waals surface area contributed by atoms with Crippen molar-refractivity contribution in [3.63, 3.8) is 0 Å². The van der Waals surface area contributed by atoms with E-state index in [1.54, 1.807) is 23.2 Å². The van der Waals surface area contributed by atoms with E-state index in [1.165, 1.54) is 23.9 Å². The lowest BCUT2D eigenvalue weighted by Gasteiger charge is -2.22. The fourth-order valence-corrected chi connectivity index (χ4v) is 4.11. The summed E-state index contributed by atoms with van der Waals surface area (Å²) in [4.78, 5) is 24.8. The van der Waals surface area contributed by atoms with Gasteiger partial charge in [-0.1, -0.05) is 0 Å². The van der Waals surface area contributed by atoms with Crippen molar-refractivity contribution in [2.24, 2.45) is 0 Å². The largest absolute Gasteiger partial charge is 0.480 e. The summed E-state index contributed by atoms with van der Waals surface area (Å²) in [5.74, 6) is 0.0458. The molecule has 25 heavy (non-hydrogen) atoms. The molecule has 0 spiro atoms. The number of methoxy groups -OCH3 is 1. The van der Waals surface area contributed by atoms with Crippen molar-refractivity contribution in [3.8, 4) is 5.88 Å². The number of rotatable bonds is 4. The number of nitrogens with zero attached hydrogens (tertiary/aromatic N) is 4. The molecular formula is C15H19N5O4S. The van der Waals surface area contributed by atoms with Crippen LogP contribution in [0.25, 0.3) is 0 Å². The highest BCUT2D eigenvalue weighted by molar-refractivity contribution is 7.89. The van der Waals surface area contributed by atoms with Crippen LogP contribution in [0, 0.1) is 0 Å². The van der Waals surface area contributed by atoms with Crippen LogP contribution in [0.4, 0.5) is 0 Å². The van der Waals surface area contributed by atoms with Gasteiger partial charge in [0.2, 0.25) is 5.88 Å². The van der Waals surface area contributed by atoms with Crippen LogP contribution in [0.5, 0.6) is 5.88 Å². The standard InChI is InChI=1S/C15H19N5O4S/c1-24-14-12(4-2-5-17-14)15(21)19-6-3-7-20(9-8-19)25(22,23)13-10-16-11-18-13/h2,4-5,10-11H,3,6-9H2,1H3,(H,16,18). The van der Waals surface area contributed by atoms with E-state index in [0.29, 0.717) is 31.6 Å². The number of carbonyl (C=O) groups is 1. The lowest BCUT2D eigenvalue weighted by molar-refractivity contribution is 0.0760. The van der Waals surface area contributed by atoms with Crippen molar-refractivity contribution in [2.75, 3.05) is 33.3 Å². The average Bonchev–Trinajstić information content (AvgIpc) is 3.06. The average molecular weight is 365 g/mol. The quantitative estimate of drug-likeness (QED) is 0.837. The van der Waals surface area contributed by atoms with E-state index in [-0.39, 0.29) is 23.4 Å². The molecule has 0 aliphatic carbocycles. The third kappa shape index (κ3) is 3.49. The molecule has 134 valence electrons. The summed E-state index contributed by atoms with van der Waals surface area (Å²) in [5, 5.41) is 0.0567. The third-order valence-corrected chi connectivity index (χ3v) is 5.85. The smallest absolute Gasteiger partial charge is 0.260 e. The predicted molar refractivity (Wildman–Crippen MR) is 88.7 cm³/mol. The van der Waals surface area contributed by atoms with Gasteiger partial charge in [-0.05, 0) is 18.6 Å². The molecule has 2 aromatic rings. The summed E-state index contributed by atoms with van der Waals surface area (Å²) < 4.78 is 31.6. The molecule has 9 nitrogen and oxygen atoms in total. The number of sulfonamides is 1. The second-order valence-corrected chi connectivity index (χ2v) is 7.43. The molecule has 0 aromatic carbocycles. The zero-order chi connectivity index (χ0) is 17.9. The van der Waals surface area contributed by atoms with Crippen molar-refractivity contribution in [1.29, 1.82) is 0 Å². The molecule has 1 saturated heterocycles. The van der Waals surface area contributed by atoms with E-state index in [1.807, 2.05) is 0 Å². The molecular weight excluding hydrogens is 346 g/mol. The number of imidazole rings is 1.